The number of carboxylic acids is 2. The van der Waals surface area contributed by atoms with Gasteiger partial charge in [0.2, 0.25) is 0 Å². The lowest BCUT2D eigenvalue weighted by Crippen LogP contribution is -2.02. The maximum Gasteiger partial charge on any atom is 0.335 e. The zero-order valence-corrected chi connectivity index (χ0v) is 12.0. The first-order valence-corrected chi connectivity index (χ1v) is 6.64. The van der Waals surface area contributed by atoms with Gasteiger partial charge in [0.25, 0.3) is 0 Å². The minimum atomic E-state index is -1.22. The highest BCUT2D eigenvalue weighted by Crippen LogP contribution is 2.24. The van der Waals surface area contributed by atoms with Gasteiger partial charge in [-0.25, -0.2) is 14.3 Å². The zero-order chi connectivity index (χ0) is 17.1. The fourth-order valence-corrected chi connectivity index (χ4v) is 1.97. The van der Waals surface area contributed by atoms with Gasteiger partial charge < -0.3 is 14.6 Å². The predicted molar refractivity (Wildman–Crippen MR) is 81.1 cm³/mol. The highest BCUT2D eigenvalue weighted by Gasteiger charge is 2.14. The summed E-state index contributed by atoms with van der Waals surface area (Å²) in [4.78, 5) is 22.3. The van der Waals surface area contributed by atoms with E-state index in [0.717, 1.165) is 6.07 Å². The van der Waals surface area contributed by atoms with E-state index in [-0.39, 0.29) is 11.1 Å². The minimum Gasteiger partial charge on any atom is -0.478 e. The van der Waals surface area contributed by atoms with Gasteiger partial charge in [0.05, 0.1) is 17.3 Å². The highest BCUT2D eigenvalue weighted by molar-refractivity contribution is 5.96. The predicted octanol–water partition coefficient (Wildman–Crippen LogP) is 1.82. The van der Waals surface area contributed by atoms with E-state index in [1.807, 2.05) is 0 Å². The molecular weight excluding hydrogens is 316 g/mol. The molecule has 0 saturated carbocycles. The van der Waals surface area contributed by atoms with Crippen LogP contribution in [0.25, 0.3) is 11.3 Å². The molecule has 24 heavy (non-hydrogen) atoms. The smallest absolute Gasteiger partial charge is 0.335 e. The highest BCUT2D eigenvalue weighted by atomic mass is 16.4. The van der Waals surface area contributed by atoms with E-state index in [0.29, 0.717) is 17.1 Å². The van der Waals surface area contributed by atoms with Crippen LogP contribution in [-0.4, -0.2) is 43.2 Å². The van der Waals surface area contributed by atoms with Crippen molar-refractivity contribution in [2.24, 2.45) is 5.10 Å². The summed E-state index contributed by atoms with van der Waals surface area (Å²) in [5.41, 5.74) is 0.0678. The standard InChI is InChI=1S/C15H10N4O5/c20-14(21)10-3-9(4-11(5-10)15(22)23)13-2-1-12(24-13)6-18-19-7-16-17-8-19/h1-8H,(H,20,21)(H,22,23)/b18-6-. The first-order valence-electron chi connectivity index (χ1n) is 6.64. The van der Waals surface area contributed by atoms with Gasteiger partial charge in [-0.15, -0.1) is 10.2 Å². The van der Waals surface area contributed by atoms with Crippen LogP contribution in [0.4, 0.5) is 0 Å². The van der Waals surface area contributed by atoms with Crippen LogP contribution < -0.4 is 0 Å². The summed E-state index contributed by atoms with van der Waals surface area (Å²) in [6, 6.07) is 6.99. The van der Waals surface area contributed by atoms with Crippen molar-refractivity contribution < 1.29 is 24.2 Å². The molecule has 0 fully saturated rings. The van der Waals surface area contributed by atoms with Crippen LogP contribution >= 0.6 is 0 Å². The molecule has 1 aromatic carbocycles. The Morgan fingerprint density at radius 1 is 1.04 bits per heavy atom. The van der Waals surface area contributed by atoms with Gasteiger partial charge in [0.1, 0.15) is 24.2 Å². The van der Waals surface area contributed by atoms with Gasteiger partial charge in [-0.2, -0.15) is 5.10 Å². The van der Waals surface area contributed by atoms with Crippen molar-refractivity contribution in [1.82, 2.24) is 14.9 Å². The fraction of sp³-hybridized carbons (Fsp3) is 0. The Kier molecular flexibility index (Phi) is 3.89. The summed E-state index contributed by atoms with van der Waals surface area (Å²) < 4.78 is 6.92. The van der Waals surface area contributed by atoms with Crippen molar-refractivity contribution in [1.29, 1.82) is 0 Å². The second-order valence-corrected chi connectivity index (χ2v) is 4.70. The molecule has 0 aliphatic carbocycles. The van der Waals surface area contributed by atoms with E-state index in [2.05, 4.69) is 15.3 Å². The third-order valence-corrected chi connectivity index (χ3v) is 3.06. The third-order valence-electron chi connectivity index (χ3n) is 3.06. The van der Waals surface area contributed by atoms with Gasteiger partial charge >= 0.3 is 11.9 Å². The lowest BCUT2D eigenvalue weighted by Gasteiger charge is -2.03. The molecule has 0 spiro atoms. The molecule has 2 N–H and O–H groups in total. The normalized spacial score (nSPS) is 11.0. The number of nitrogens with zero attached hydrogens (tertiary/aromatic N) is 4. The van der Waals surface area contributed by atoms with Crippen LogP contribution in [-0.2, 0) is 0 Å². The van der Waals surface area contributed by atoms with Gasteiger partial charge in [-0.05, 0) is 30.3 Å². The van der Waals surface area contributed by atoms with E-state index in [1.54, 1.807) is 12.1 Å². The summed E-state index contributed by atoms with van der Waals surface area (Å²) >= 11 is 0. The summed E-state index contributed by atoms with van der Waals surface area (Å²) in [5, 5.41) is 29.4. The van der Waals surface area contributed by atoms with Crippen molar-refractivity contribution >= 4 is 18.2 Å². The lowest BCUT2D eigenvalue weighted by atomic mass is 10.0. The van der Waals surface area contributed by atoms with Crippen molar-refractivity contribution in [3.63, 3.8) is 0 Å². The molecule has 3 aromatic rings. The van der Waals surface area contributed by atoms with Gasteiger partial charge in [-0.1, -0.05) is 0 Å². The first-order chi connectivity index (χ1) is 11.5. The molecule has 9 nitrogen and oxygen atoms in total. The molecule has 0 saturated heterocycles. The van der Waals surface area contributed by atoms with Crippen LogP contribution in [0.5, 0.6) is 0 Å². The van der Waals surface area contributed by atoms with Gasteiger partial charge in [0.15, 0.2) is 0 Å². The number of carbonyl (C=O) groups is 2. The molecule has 0 aliphatic rings. The Hall–Kier alpha value is -3.75. The fourth-order valence-electron chi connectivity index (χ4n) is 1.97. The number of aromatic nitrogens is 3. The molecule has 120 valence electrons. The number of furan rings is 1. The summed E-state index contributed by atoms with van der Waals surface area (Å²) in [6.45, 7) is 0. The third kappa shape index (κ3) is 3.19. The quantitative estimate of drug-likeness (QED) is 0.683. The second kappa shape index (κ2) is 6.16. The first kappa shape index (κ1) is 15.2. The summed E-state index contributed by atoms with van der Waals surface area (Å²) in [7, 11) is 0. The molecule has 2 heterocycles. The molecule has 0 radical (unpaired) electrons. The Morgan fingerprint density at radius 3 is 2.25 bits per heavy atom. The van der Waals surface area contributed by atoms with Crippen molar-refractivity contribution in [3.8, 4) is 11.3 Å². The van der Waals surface area contributed by atoms with Crippen molar-refractivity contribution in [2.75, 3.05) is 0 Å². The molecule has 0 aliphatic heterocycles. The number of hydrogen-bond acceptors (Lipinski definition) is 6. The van der Waals surface area contributed by atoms with Gasteiger partial charge in [-0.3, -0.25) is 0 Å². The maximum absolute atomic E-state index is 11.1. The topological polar surface area (TPSA) is 131 Å². The lowest BCUT2D eigenvalue weighted by molar-refractivity contribution is 0.0696. The van der Waals surface area contributed by atoms with E-state index in [1.165, 1.54) is 35.7 Å². The van der Waals surface area contributed by atoms with Crippen LogP contribution in [0.1, 0.15) is 26.5 Å². The Bertz CT molecular complexity index is 895. The van der Waals surface area contributed by atoms with Crippen molar-refractivity contribution in [3.05, 3.63) is 59.9 Å². The van der Waals surface area contributed by atoms with Crippen LogP contribution in [0, 0.1) is 0 Å². The number of carboxylic acid groups (broad SMARTS) is 2. The number of rotatable bonds is 5. The average molecular weight is 326 g/mol. The van der Waals surface area contributed by atoms with Crippen LogP contribution in [0.15, 0.2) is 52.5 Å². The molecule has 0 unspecified atom stereocenters. The number of aromatic carboxylic acids is 2. The van der Waals surface area contributed by atoms with Crippen molar-refractivity contribution in [2.45, 2.75) is 0 Å². The molecular formula is C15H10N4O5. The number of hydrogen-bond donors (Lipinski definition) is 2. The monoisotopic (exact) mass is 326 g/mol. The minimum absolute atomic E-state index is 0.138. The SMILES string of the molecule is O=C(O)c1cc(C(=O)O)cc(-c2ccc(/C=N\n3cnnc3)o2)c1. The summed E-state index contributed by atoms with van der Waals surface area (Å²) in [6.07, 6.45) is 4.22. The molecule has 9 heteroatoms. The van der Waals surface area contributed by atoms with E-state index >= 15 is 0 Å². The Labute approximate surface area is 134 Å². The second-order valence-electron chi connectivity index (χ2n) is 4.70. The molecule has 3 rings (SSSR count). The van der Waals surface area contributed by atoms with Crippen LogP contribution in [0.2, 0.25) is 0 Å². The summed E-state index contributed by atoms with van der Waals surface area (Å²) in [5.74, 6) is -1.72. The molecule has 2 aromatic heterocycles. The van der Waals surface area contributed by atoms with Gasteiger partial charge in [0, 0.05) is 5.56 Å². The largest absolute Gasteiger partial charge is 0.478 e. The van der Waals surface area contributed by atoms with E-state index < -0.39 is 11.9 Å². The number of benzene rings is 1. The van der Waals surface area contributed by atoms with E-state index in [9.17, 15) is 9.59 Å². The Morgan fingerprint density at radius 2 is 1.67 bits per heavy atom. The molecule has 0 bridgehead atoms. The maximum atomic E-state index is 11.1. The molecule has 0 amide bonds. The zero-order valence-electron chi connectivity index (χ0n) is 12.0. The Balaban J connectivity index is 1.94. The van der Waals surface area contributed by atoms with E-state index in [4.69, 9.17) is 14.6 Å². The average Bonchev–Trinajstić information content (AvgIpc) is 3.24. The molecule has 0 atom stereocenters. The van der Waals surface area contributed by atoms with Crippen LogP contribution in [0.3, 0.4) is 0 Å².